The molecule has 0 saturated carbocycles. The summed E-state index contributed by atoms with van der Waals surface area (Å²) < 4.78 is 21.2. The van der Waals surface area contributed by atoms with E-state index < -0.39 is 11.9 Å². The predicted molar refractivity (Wildman–Crippen MR) is 132 cm³/mol. The van der Waals surface area contributed by atoms with Crippen molar-refractivity contribution in [3.63, 3.8) is 0 Å². The van der Waals surface area contributed by atoms with Crippen LogP contribution in [0, 0.1) is 0 Å². The van der Waals surface area contributed by atoms with Crippen LogP contribution < -0.4 is 14.8 Å². The third-order valence-corrected chi connectivity index (χ3v) is 4.75. The van der Waals surface area contributed by atoms with Gasteiger partial charge in [0.15, 0.2) is 5.75 Å². The number of anilines is 1. The van der Waals surface area contributed by atoms with Crippen LogP contribution in [0.25, 0.3) is 0 Å². The number of esters is 2. The quantitative estimate of drug-likeness (QED) is 0.169. The summed E-state index contributed by atoms with van der Waals surface area (Å²) in [6.45, 7) is 6.32. The highest BCUT2D eigenvalue weighted by atomic mass is 16.6. The van der Waals surface area contributed by atoms with Crippen LogP contribution in [0.15, 0.2) is 60.4 Å². The van der Waals surface area contributed by atoms with Crippen molar-refractivity contribution < 1.29 is 33.3 Å². The maximum atomic E-state index is 12.8. The maximum Gasteiger partial charge on any atom is 0.374 e. The van der Waals surface area contributed by atoms with E-state index in [2.05, 4.69) is 12.2 Å². The normalized spacial score (nSPS) is 10.9. The van der Waals surface area contributed by atoms with Crippen LogP contribution in [-0.4, -0.2) is 37.7 Å². The van der Waals surface area contributed by atoms with E-state index in [4.69, 9.17) is 18.9 Å². The molecule has 0 heterocycles. The lowest BCUT2D eigenvalue weighted by atomic mass is 10.2. The van der Waals surface area contributed by atoms with Crippen molar-refractivity contribution in [1.29, 1.82) is 0 Å². The van der Waals surface area contributed by atoms with Crippen molar-refractivity contribution in [3.8, 4) is 11.5 Å². The molecule has 0 radical (unpaired) electrons. The Labute approximate surface area is 206 Å². The smallest absolute Gasteiger partial charge is 0.374 e. The lowest BCUT2D eigenvalue weighted by molar-refractivity contribution is -0.143. The zero-order valence-corrected chi connectivity index (χ0v) is 20.5. The molecule has 0 spiro atoms. The highest BCUT2D eigenvalue weighted by molar-refractivity contribution is 6.05. The Morgan fingerprint density at radius 1 is 0.857 bits per heavy atom. The lowest BCUT2D eigenvalue weighted by Crippen LogP contribution is -2.17. The van der Waals surface area contributed by atoms with Gasteiger partial charge >= 0.3 is 11.9 Å². The molecular formula is C27H33NO7. The molecule has 0 aromatic heterocycles. The van der Waals surface area contributed by atoms with Gasteiger partial charge < -0.3 is 24.3 Å². The number of benzene rings is 2. The molecule has 0 saturated heterocycles. The number of hydrogen-bond donors (Lipinski definition) is 1. The summed E-state index contributed by atoms with van der Waals surface area (Å²) in [5.74, 6) is -1.44. The van der Waals surface area contributed by atoms with Crippen molar-refractivity contribution in [3.05, 3.63) is 65.9 Å². The number of nitrogens with one attached hydrogen (secondary N) is 1. The largest absolute Gasteiger partial charge is 0.494 e. The SMILES string of the molecule is CCCCCCOc1ccc(C(=O)Nc2ccccc2O/C(=C\C(=O)OCC)C(=O)OCC)cc1. The van der Waals surface area contributed by atoms with Crippen LogP contribution >= 0.6 is 0 Å². The van der Waals surface area contributed by atoms with Crippen LogP contribution in [0.1, 0.15) is 56.8 Å². The average Bonchev–Trinajstić information content (AvgIpc) is 2.85. The maximum absolute atomic E-state index is 12.8. The Morgan fingerprint density at radius 2 is 1.57 bits per heavy atom. The molecule has 0 bridgehead atoms. The van der Waals surface area contributed by atoms with E-state index in [1.165, 1.54) is 12.8 Å². The highest BCUT2D eigenvalue weighted by Crippen LogP contribution is 2.27. The molecule has 0 aliphatic carbocycles. The molecule has 1 N–H and O–H groups in total. The molecule has 0 aliphatic rings. The minimum atomic E-state index is -0.827. The summed E-state index contributed by atoms with van der Waals surface area (Å²) in [4.78, 5) is 37.0. The van der Waals surface area contributed by atoms with Gasteiger partial charge in [-0.3, -0.25) is 4.79 Å². The first-order chi connectivity index (χ1) is 17.0. The fraction of sp³-hybridized carbons (Fsp3) is 0.370. The molecular weight excluding hydrogens is 450 g/mol. The fourth-order valence-corrected chi connectivity index (χ4v) is 3.02. The standard InChI is InChI=1S/C27H33NO7/c1-4-7-8-11-18-34-21-16-14-20(15-17-21)26(30)28-22-12-9-10-13-23(22)35-24(27(31)33-6-3)19-25(29)32-5-2/h9-10,12-17,19H,4-8,11,18H2,1-3H3,(H,28,30)/b24-19-. The number of rotatable bonds is 14. The zero-order valence-electron chi connectivity index (χ0n) is 20.5. The fourth-order valence-electron chi connectivity index (χ4n) is 3.02. The molecule has 188 valence electrons. The monoisotopic (exact) mass is 483 g/mol. The second-order valence-electron chi connectivity index (χ2n) is 7.47. The third-order valence-electron chi connectivity index (χ3n) is 4.75. The van der Waals surface area contributed by atoms with E-state index in [1.807, 2.05) is 0 Å². The average molecular weight is 484 g/mol. The second kappa shape index (κ2) is 15.2. The molecule has 0 fully saturated rings. The van der Waals surface area contributed by atoms with Crippen molar-refractivity contribution in [1.82, 2.24) is 0 Å². The van der Waals surface area contributed by atoms with Gasteiger partial charge in [0, 0.05) is 5.56 Å². The Balaban J connectivity index is 2.09. The second-order valence-corrected chi connectivity index (χ2v) is 7.47. The molecule has 2 aromatic rings. The van der Waals surface area contributed by atoms with Crippen LogP contribution in [0.5, 0.6) is 11.5 Å². The van der Waals surface area contributed by atoms with Gasteiger partial charge in [0.05, 0.1) is 31.6 Å². The number of carbonyl (C=O) groups excluding carboxylic acids is 3. The summed E-state index contributed by atoms with van der Waals surface area (Å²) in [6.07, 6.45) is 5.40. The molecule has 2 rings (SSSR count). The molecule has 1 amide bonds. The Bertz CT molecular complexity index is 999. The van der Waals surface area contributed by atoms with Gasteiger partial charge in [-0.1, -0.05) is 38.3 Å². The van der Waals surface area contributed by atoms with Crippen LogP contribution in [0.2, 0.25) is 0 Å². The van der Waals surface area contributed by atoms with Crippen molar-refractivity contribution in [2.45, 2.75) is 46.5 Å². The predicted octanol–water partition coefficient (Wildman–Crippen LogP) is 5.29. The molecule has 0 unspecified atom stereocenters. The number of hydrogen-bond acceptors (Lipinski definition) is 7. The first kappa shape index (κ1) is 27.4. The Hall–Kier alpha value is -3.81. The minimum absolute atomic E-state index is 0.0964. The molecule has 8 nitrogen and oxygen atoms in total. The number of unbranched alkanes of at least 4 members (excludes halogenated alkanes) is 3. The van der Waals surface area contributed by atoms with Gasteiger partial charge in [0.2, 0.25) is 5.76 Å². The summed E-state index contributed by atoms with van der Waals surface area (Å²) in [7, 11) is 0. The minimum Gasteiger partial charge on any atom is -0.494 e. The van der Waals surface area contributed by atoms with Gasteiger partial charge in [-0.15, -0.1) is 0 Å². The molecule has 35 heavy (non-hydrogen) atoms. The number of ether oxygens (including phenoxy) is 4. The van der Waals surface area contributed by atoms with E-state index in [9.17, 15) is 14.4 Å². The van der Waals surface area contributed by atoms with Gasteiger partial charge in [-0.2, -0.15) is 0 Å². The number of carbonyl (C=O) groups is 3. The first-order valence-electron chi connectivity index (χ1n) is 11.8. The summed E-state index contributed by atoms with van der Waals surface area (Å²) in [5.41, 5.74) is 0.735. The van der Waals surface area contributed by atoms with Crippen molar-refractivity contribution >= 4 is 23.5 Å². The van der Waals surface area contributed by atoms with Gasteiger partial charge in [-0.05, 0) is 56.7 Å². The summed E-state index contributed by atoms with van der Waals surface area (Å²) in [6, 6.07) is 13.4. The summed E-state index contributed by atoms with van der Waals surface area (Å²) >= 11 is 0. The highest BCUT2D eigenvalue weighted by Gasteiger charge is 2.19. The molecule has 0 atom stereocenters. The van der Waals surface area contributed by atoms with E-state index in [-0.39, 0.29) is 30.6 Å². The Morgan fingerprint density at radius 3 is 2.26 bits per heavy atom. The van der Waals surface area contributed by atoms with Crippen LogP contribution in [0.3, 0.4) is 0 Å². The van der Waals surface area contributed by atoms with Gasteiger partial charge in [0.1, 0.15) is 5.75 Å². The van der Waals surface area contributed by atoms with Crippen molar-refractivity contribution in [2.75, 3.05) is 25.1 Å². The van der Waals surface area contributed by atoms with E-state index in [0.29, 0.717) is 23.6 Å². The van der Waals surface area contributed by atoms with E-state index >= 15 is 0 Å². The first-order valence-corrected chi connectivity index (χ1v) is 11.8. The van der Waals surface area contributed by atoms with Gasteiger partial charge in [-0.25, -0.2) is 9.59 Å². The lowest BCUT2D eigenvalue weighted by Gasteiger charge is -2.14. The molecule has 2 aromatic carbocycles. The summed E-state index contributed by atoms with van der Waals surface area (Å²) in [5, 5.41) is 2.77. The Kier molecular flexibility index (Phi) is 11.9. The topological polar surface area (TPSA) is 100 Å². The van der Waals surface area contributed by atoms with E-state index in [0.717, 1.165) is 18.9 Å². The number of para-hydroxylation sites is 2. The van der Waals surface area contributed by atoms with Crippen molar-refractivity contribution in [2.24, 2.45) is 0 Å². The molecule has 8 heteroatoms. The zero-order chi connectivity index (χ0) is 25.5. The van der Waals surface area contributed by atoms with E-state index in [1.54, 1.807) is 62.4 Å². The van der Waals surface area contributed by atoms with Gasteiger partial charge in [0.25, 0.3) is 5.91 Å². The van der Waals surface area contributed by atoms with Crippen LogP contribution in [-0.2, 0) is 19.1 Å². The number of amides is 1. The third kappa shape index (κ3) is 9.52. The molecule has 0 aliphatic heterocycles. The van der Waals surface area contributed by atoms with Crippen LogP contribution in [0.4, 0.5) is 5.69 Å².